The molecule has 1 aromatic carbocycles. The van der Waals surface area contributed by atoms with Crippen LogP contribution < -0.4 is 5.32 Å². The summed E-state index contributed by atoms with van der Waals surface area (Å²) in [5, 5.41) is 7.18. The summed E-state index contributed by atoms with van der Waals surface area (Å²) >= 11 is 0. The van der Waals surface area contributed by atoms with E-state index in [9.17, 15) is 0 Å². The van der Waals surface area contributed by atoms with Crippen LogP contribution in [0, 0.1) is 0 Å². The monoisotopic (exact) mass is 230 g/mol. The van der Waals surface area contributed by atoms with Gasteiger partial charge >= 0.3 is 0 Å². The summed E-state index contributed by atoms with van der Waals surface area (Å²) < 4.78 is 5.07. The molecule has 0 amide bonds. The lowest BCUT2D eigenvalue weighted by Gasteiger charge is -2.15. The Labute approximate surface area is 102 Å². The van der Waals surface area contributed by atoms with Gasteiger partial charge in [0.25, 0.3) is 0 Å². The number of nitrogens with one attached hydrogen (secondary N) is 1. The van der Waals surface area contributed by atoms with Gasteiger partial charge in [0, 0.05) is 12.1 Å². The minimum atomic E-state index is 0.475. The molecule has 1 atom stereocenters. The van der Waals surface area contributed by atoms with Gasteiger partial charge in [-0.25, -0.2) is 0 Å². The quantitative estimate of drug-likeness (QED) is 0.829. The van der Waals surface area contributed by atoms with Gasteiger partial charge in [0.1, 0.15) is 5.76 Å². The van der Waals surface area contributed by atoms with Crippen molar-refractivity contribution in [3.05, 3.63) is 53.9 Å². The Morgan fingerprint density at radius 2 is 2.06 bits per heavy atom. The molecule has 0 aliphatic heterocycles. The molecule has 0 fully saturated rings. The number of aromatic nitrogens is 1. The summed E-state index contributed by atoms with van der Waals surface area (Å²) in [6.07, 6.45) is 3.82. The summed E-state index contributed by atoms with van der Waals surface area (Å²) in [6, 6.07) is 12.9. The molecule has 90 valence electrons. The van der Waals surface area contributed by atoms with Gasteiger partial charge in [-0.1, -0.05) is 42.4 Å². The highest BCUT2D eigenvalue weighted by molar-refractivity contribution is 5.15. The Balaban J connectivity index is 1.85. The Hall–Kier alpha value is -1.61. The Bertz CT molecular complexity index is 411. The number of hydrogen-bond acceptors (Lipinski definition) is 3. The fourth-order valence-electron chi connectivity index (χ4n) is 1.84. The normalized spacial score (nSPS) is 12.5. The SMILES string of the molecule is CCC(Cc1ccccc1)NCc1ccno1. The van der Waals surface area contributed by atoms with E-state index in [2.05, 4.69) is 41.7 Å². The third kappa shape index (κ3) is 3.71. The zero-order chi connectivity index (χ0) is 11.9. The predicted molar refractivity (Wildman–Crippen MR) is 67.6 cm³/mol. The second-order valence-electron chi connectivity index (χ2n) is 4.15. The van der Waals surface area contributed by atoms with Crippen LogP contribution in [-0.2, 0) is 13.0 Å². The largest absolute Gasteiger partial charge is 0.360 e. The van der Waals surface area contributed by atoms with Gasteiger partial charge in [-0.2, -0.15) is 0 Å². The van der Waals surface area contributed by atoms with Gasteiger partial charge in [0.15, 0.2) is 0 Å². The van der Waals surface area contributed by atoms with Crippen molar-refractivity contribution in [2.45, 2.75) is 32.4 Å². The van der Waals surface area contributed by atoms with Gasteiger partial charge < -0.3 is 9.84 Å². The smallest absolute Gasteiger partial charge is 0.150 e. The Kier molecular flexibility index (Phi) is 4.33. The van der Waals surface area contributed by atoms with Crippen LogP contribution in [0.15, 0.2) is 47.1 Å². The first-order valence-corrected chi connectivity index (χ1v) is 6.05. The average molecular weight is 230 g/mol. The minimum Gasteiger partial charge on any atom is -0.360 e. The zero-order valence-corrected chi connectivity index (χ0v) is 10.1. The number of nitrogens with zero attached hydrogens (tertiary/aromatic N) is 1. The summed E-state index contributed by atoms with van der Waals surface area (Å²) in [4.78, 5) is 0. The van der Waals surface area contributed by atoms with Crippen LogP contribution in [0.5, 0.6) is 0 Å². The van der Waals surface area contributed by atoms with E-state index in [-0.39, 0.29) is 0 Å². The van der Waals surface area contributed by atoms with E-state index in [0.29, 0.717) is 6.04 Å². The van der Waals surface area contributed by atoms with Gasteiger partial charge in [-0.05, 0) is 18.4 Å². The molecule has 0 aliphatic carbocycles. The van der Waals surface area contributed by atoms with Crippen molar-refractivity contribution in [1.29, 1.82) is 0 Å². The fourth-order valence-corrected chi connectivity index (χ4v) is 1.84. The summed E-state index contributed by atoms with van der Waals surface area (Å²) in [5.41, 5.74) is 1.37. The second kappa shape index (κ2) is 6.21. The first-order valence-electron chi connectivity index (χ1n) is 6.05. The fraction of sp³-hybridized carbons (Fsp3) is 0.357. The van der Waals surface area contributed by atoms with E-state index < -0.39 is 0 Å². The van der Waals surface area contributed by atoms with Crippen LogP contribution in [0.3, 0.4) is 0 Å². The molecular formula is C14H18N2O. The van der Waals surface area contributed by atoms with Gasteiger partial charge in [0.05, 0.1) is 12.7 Å². The average Bonchev–Trinajstić information content (AvgIpc) is 2.89. The van der Waals surface area contributed by atoms with Crippen molar-refractivity contribution in [1.82, 2.24) is 10.5 Å². The Morgan fingerprint density at radius 1 is 1.24 bits per heavy atom. The maximum absolute atomic E-state index is 5.07. The van der Waals surface area contributed by atoms with Crippen LogP contribution in [-0.4, -0.2) is 11.2 Å². The summed E-state index contributed by atoms with van der Waals surface area (Å²) in [5.74, 6) is 0.886. The van der Waals surface area contributed by atoms with Crippen LogP contribution in [0.2, 0.25) is 0 Å². The van der Waals surface area contributed by atoms with Gasteiger partial charge in [0.2, 0.25) is 0 Å². The molecule has 2 aromatic rings. The van der Waals surface area contributed by atoms with Crippen LogP contribution in [0.25, 0.3) is 0 Å². The molecule has 17 heavy (non-hydrogen) atoms. The second-order valence-corrected chi connectivity index (χ2v) is 4.15. The summed E-state index contributed by atoms with van der Waals surface area (Å²) in [7, 11) is 0. The van der Waals surface area contributed by atoms with E-state index >= 15 is 0 Å². The third-order valence-corrected chi connectivity index (χ3v) is 2.87. The molecule has 0 radical (unpaired) electrons. The molecule has 1 aromatic heterocycles. The van der Waals surface area contributed by atoms with Crippen molar-refractivity contribution in [3.63, 3.8) is 0 Å². The highest BCUT2D eigenvalue weighted by atomic mass is 16.5. The zero-order valence-electron chi connectivity index (χ0n) is 10.1. The lowest BCUT2D eigenvalue weighted by atomic mass is 10.0. The number of hydrogen-bond donors (Lipinski definition) is 1. The van der Waals surface area contributed by atoms with Crippen molar-refractivity contribution in [2.24, 2.45) is 0 Å². The van der Waals surface area contributed by atoms with Crippen LogP contribution >= 0.6 is 0 Å². The molecule has 3 heteroatoms. The van der Waals surface area contributed by atoms with Crippen molar-refractivity contribution < 1.29 is 4.52 Å². The topological polar surface area (TPSA) is 38.1 Å². The molecule has 0 saturated carbocycles. The maximum Gasteiger partial charge on any atom is 0.150 e. The molecule has 3 nitrogen and oxygen atoms in total. The highest BCUT2D eigenvalue weighted by Gasteiger charge is 2.07. The molecule has 1 N–H and O–H groups in total. The third-order valence-electron chi connectivity index (χ3n) is 2.87. The van der Waals surface area contributed by atoms with E-state index in [1.54, 1.807) is 6.20 Å². The number of rotatable bonds is 6. The summed E-state index contributed by atoms with van der Waals surface area (Å²) in [6.45, 7) is 2.94. The van der Waals surface area contributed by atoms with Crippen LogP contribution in [0.4, 0.5) is 0 Å². The standard InChI is InChI=1S/C14H18N2O/c1-2-13(10-12-6-4-3-5-7-12)15-11-14-8-9-16-17-14/h3-9,13,15H,2,10-11H2,1H3. The molecule has 0 spiro atoms. The van der Waals surface area contributed by atoms with E-state index in [0.717, 1.165) is 25.1 Å². The van der Waals surface area contributed by atoms with E-state index in [4.69, 9.17) is 4.52 Å². The van der Waals surface area contributed by atoms with E-state index in [1.807, 2.05) is 12.1 Å². The molecule has 0 aliphatic rings. The van der Waals surface area contributed by atoms with Gasteiger partial charge in [-0.15, -0.1) is 0 Å². The van der Waals surface area contributed by atoms with Gasteiger partial charge in [-0.3, -0.25) is 0 Å². The van der Waals surface area contributed by atoms with Crippen molar-refractivity contribution >= 4 is 0 Å². The molecule has 1 heterocycles. The molecule has 2 rings (SSSR count). The Morgan fingerprint density at radius 3 is 2.71 bits per heavy atom. The molecular weight excluding hydrogens is 212 g/mol. The van der Waals surface area contributed by atoms with Crippen LogP contribution in [0.1, 0.15) is 24.7 Å². The van der Waals surface area contributed by atoms with E-state index in [1.165, 1.54) is 5.56 Å². The first-order chi connectivity index (χ1) is 8.38. The molecule has 0 saturated heterocycles. The van der Waals surface area contributed by atoms with Crippen molar-refractivity contribution in [2.75, 3.05) is 0 Å². The predicted octanol–water partition coefficient (Wildman–Crippen LogP) is 2.79. The number of benzene rings is 1. The highest BCUT2D eigenvalue weighted by Crippen LogP contribution is 2.06. The minimum absolute atomic E-state index is 0.475. The lowest BCUT2D eigenvalue weighted by Crippen LogP contribution is -2.29. The first kappa shape index (κ1) is 11.9. The molecule has 0 bridgehead atoms. The maximum atomic E-state index is 5.07. The lowest BCUT2D eigenvalue weighted by molar-refractivity contribution is 0.359. The molecule has 1 unspecified atom stereocenters. The van der Waals surface area contributed by atoms with Crippen molar-refractivity contribution in [3.8, 4) is 0 Å².